The van der Waals surface area contributed by atoms with Crippen molar-refractivity contribution in [2.45, 2.75) is 0 Å². The van der Waals surface area contributed by atoms with Crippen molar-refractivity contribution in [1.29, 1.82) is 0 Å². The maximum absolute atomic E-state index is 9.13. The smallest absolute Gasteiger partial charge is 0.130 e. The molecule has 0 aliphatic rings. The van der Waals surface area contributed by atoms with E-state index in [-0.39, 0.29) is 5.75 Å². The summed E-state index contributed by atoms with van der Waals surface area (Å²) in [7, 11) is 0. The van der Waals surface area contributed by atoms with Crippen molar-refractivity contribution >= 4 is 47.8 Å². The number of rotatable bonds is 4. The Morgan fingerprint density at radius 3 is 1.75 bits per heavy atom. The largest absolute Gasteiger partial charge is 0.508 e. The van der Waals surface area contributed by atoms with Crippen LogP contribution >= 0.6 is 47.8 Å². The topological polar surface area (TPSA) is 49.7 Å². The quantitative estimate of drug-likeness (QED) is 0.276. The van der Waals surface area contributed by atoms with Crippen LogP contribution in [0.3, 0.4) is 0 Å². The average molecular weight is 523 g/mol. The van der Waals surface area contributed by atoms with E-state index in [0.29, 0.717) is 23.4 Å². The van der Waals surface area contributed by atoms with Crippen LogP contribution in [-0.4, -0.2) is 23.4 Å². The summed E-state index contributed by atoms with van der Waals surface area (Å²) in [5.74, 6) is 0.553. The van der Waals surface area contributed by atoms with Gasteiger partial charge in [0.25, 0.3) is 0 Å². The summed E-state index contributed by atoms with van der Waals surface area (Å²) in [5.41, 5.74) is 0. The zero-order valence-corrected chi connectivity index (χ0v) is 17.7. The monoisotopic (exact) mass is 520 g/mol. The fraction of sp³-hybridized carbons (Fsp3) is 0.111. The number of aromatic hydroxyl groups is 2. The highest BCUT2D eigenvalue weighted by Gasteiger charge is 2.04. The first-order valence-electron chi connectivity index (χ1n) is 6.80. The molecule has 0 spiro atoms. The molecule has 2 N–H and O–H groups in total. The van der Waals surface area contributed by atoms with Crippen LogP contribution < -0.4 is 0 Å². The van der Waals surface area contributed by atoms with Gasteiger partial charge < -0.3 is 14.9 Å². The number of hydrogen-bond acceptors (Lipinski definition) is 3. The Morgan fingerprint density at radius 2 is 1.38 bits per heavy atom. The Labute approximate surface area is 168 Å². The molecule has 130 valence electrons. The number of phenols is 2. The average Bonchev–Trinajstić information content (AvgIpc) is 2.59. The third-order valence-electron chi connectivity index (χ3n) is 2.24. The molecule has 0 aliphatic heterocycles. The lowest BCUT2D eigenvalue weighted by Crippen LogP contribution is -1.87. The zero-order valence-electron chi connectivity index (χ0n) is 13.0. The number of hydrogen-bond donors (Lipinski definition) is 2. The van der Waals surface area contributed by atoms with E-state index in [2.05, 4.69) is 60.9 Å². The van der Waals surface area contributed by atoms with Crippen molar-refractivity contribution in [3.63, 3.8) is 0 Å². The fourth-order valence-corrected chi connectivity index (χ4v) is 2.46. The van der Waals surface area contributed by atoms with Crippen molar-refractivity contribution < 1.29 is 14.9 Å². The predicted molar refractivity (Wildman–Crippen MR) is 111 cm³/mol. The van der Waals surface area contributed by atoms with Crippen LogP contribution in [0.1, 0.15) is 0 Å². The summed E-state index contributed by atoms with van der Waals surface area (Å²) in [6.45, 7) is 8.18. The molecule has 0 amide bonds. The van der Waals surface area contributed by atoms with Crippen molar-refractivity contribution in [1.82, 2.24) is 0 Å². The van der Waals surface area contributed by atoms with Gasteiger partial charge in [0.2, 0.25) is 0 Å². The molecule has 0 radical (unpaired) electrons. The molecule has 0 heterocycles. The first kappa shape index (κ1) is 22.9. The van der Waals surface area contributed by atoms with E-state index < -0.39 is 0 Å². The number of ether oxygens (including phenoxy) is 1. The normalized spacial score (nSPS) is 8.96. The number of para-hydroxylation sites is 1. The molecule has 0 aromatic heterocycles. The lowest BCUT2D eigenvalue weighted by molar-refractivity contribution is 0.194. The predicted octanol–water partition coefficient (Wildman–Crippen LogP) is 6.45. The van der Waals surface area contributed by atoms with Crippen molar-refractivity contribution in [3.05, 3.63) is 81.2 Å². The molecular weight excluding hydrogens is 504 g/mol. The molecular formula is C18H19Br3O3. The molecule has 0 atom stereocenters. The Morgan fingerprint density at radius 1 is 0.833 bits per heavy atom. The van der Waals surface area contributed by atoms with Crippen LogP contribution in [0.4, 0.5) is 0 Å². The van der Waals surface area contributed by atoms with Gasteiger partial charge in [0.1, 0.15) is 11.5 Å². The van der Waals surface area contributed by atoms with Crippen molar-refractivity contribution in [3.8, 4) is 11.5 Å². The molecule has 0 saturated heterocycles. The highest BCUT2D eigenvalue weighted by molar-refractivity contribution is 9.14. The maximum Gasteiger partial charge on any atom is 0.130 e. The van der Waals surface area contributed by atoms with Gasteiger partial charge in [0.05, 0.1) is 17.7 Å². The Balaban J connectivity index is 0.000000340. The second-order valence-corrected chi connectivity index (χ2v) is 6.59. The van der Waals surface area contributed by atoms with E-state index in [1.165, 1.54) is 0 Å². The fourth-order valence-electron chi connectivity index (χ4n) is 1.18. The van der Waals surface area contributed by atoms with Crippen molar-refractivity contribution in [2.24, 2.45) is 0 Å². The SMILES string of the molecule is C=CCOCC=C.Oc1ccc(Br)c(Br)c1Br.Oc1ccccc1. The van der Waals surface area contributed by atoms with Crippen LogP contribution in [-0.2, 0) is 4.74 Å². The molecule has 0 bridgehead atoms. The van der Waals surface area contributed by atoms with Gasteiger partial charge in [0, 0.05) is 8.95 Å². The van der Waals surface area contributed by atoms with Gasteiger partial charge in [-0.1, -0.05) is 30.4 Å². The minimum Gasteiger partial charge on any atom is -0.508 e. The number of phenolic OH excluding ortho intramolecular Hbond substituents is 2. The first-order valence-corrected chi connectivity index (χ1v) is 9.17. The molecule has 0 aliphatic carbocycles. The summed E-state index contributed by atoms with van der Waals surface area (Å²) in [6.07, 6.45) is 3.42. The zero-order chi connectivity index (χ0) is 18.4. The first-order chi connectivity index (χ1) is 11.4. The van der Waals surface area contributed by atoms with Gasteiger partial charge in [-0.25, -0.2) is 0 Å². The Bertz CT molecular complexity index is 581. The van der Waals surface area contributed by atoms with Gasteiger partial charge in [-0.2, -0.15) is 0 Å². The molecule has 0 unspecified atom stereocenters. The van der Waals surface area contributed by atoms with Gasteiger partial charge in [-0.05, 0) is 72.1 Å². The van der Waals surface area contributed by atoms with Gasteiger partial charge in [-0.15, -0.1) is 13.2 Å². The molecule has 3 nitrogen and oxygen atoms in total. The van der Waals surface area contributed by atoms with E-state index in [1.807, 2.05) is 6.07 Å². The maximum atomic E-state index is 9.13. The third-order valence-corrected chi connectivity index (χ3v) is 5.59. The second-order valence-electron chi connectivity index (χ2n) is 4.14. The molecule has 24 heavy (non-hydrogen) atoms. The summed E-state index contributed by atoms with van der Waals surface area (Å²) in [6, 6.07) is 12.1. The van der Waals surface area contributed by atoms with Crippen molar-refractivity contribution in [2.75, 3.05) is 13.2 Å². The second kappa shape index (κ2) is 14.3. The van der Waals surface area contributed by atoms with Crippen LogP contribution in [0, 0.1) is 0 Å². The molecule has 0 fully saturated rings. The molecule has 0 saturated carbocycles. The lowest BCUT2D eigenvalue weighted by atomic mass is 10.3. The Hall–Kier alpha value is -1.08. The molecule has 2 rings (SSSR count). The summed E-state index contributed by atoms with van der Waals surface area (Å²) < 4.78 is 7.30. The molecule has 2 aromatic rings. The molecule has 2 aromatic carbocycles. The highest BCUT2D eigenvalue weighted by atomic mass is 79.9. The van der Waals surface area contributed by atoms with E-state index >= 15 is 0 Å². The number of halogens is 3. The molecule has 6 heteroatoms. The van der Waals surface area contributed by atoms with Crippen LogP contribution in [0.2, 0.25) is 0 Å². The van der Waals surface area contributed by atoms with Crippen LogP contribution in [0.15, 0.2) is 81.2 Å². The van der Waals surface area contributed by atoms with Crippen LogP contribution in [0.25, 0.3) is 0 Å². The van der Waals surface area contributed by atoms with Crippen LogP contribution in [0.5, 0.6) is 11.5 Å². The van der Waals surface area contributed by atoms with Gasteiger partial charge in [0.15, 0.2) is 0 Å². The highest BCUT2D eigenvalue weighted by Crippen LogP contribution is 2.36. The van der Waals surface area contributed by atoms with E-state index in [1.54, 1.807) is 48.6 Å². The standard InChI is InChI=1S/C6H3Br3O.C6H6O.C6H10O/c7-3-1-2-4(10)6(9)5(3)8;7-6-4-2-1-3-5-6;1-3-5-7-6-4-2/h1-2,10H;1-5,7H;3-4H,1-2,5-6H2. The Kier molecular flexibility index (Phi) is 13.6. The minimum atomic E-state index is 0.232. The van der Waals surface area contributed by atoms with Gasteiger partial charge >= 0.3 is 0 Å². The van der Waals surface area contributed by atoms with E-state index in [9.17, 15) is 0 Å². The lowest BCUT2D eigenvalue weighted by Gasteiger charge is -2.00. The van der Waals surface area contributed by atoms with E-state index in [0.717, 1.165) is 8.95 Å². The van der Waals surface area contributed by atoms with E-state index in [4.69, 9.17) is 14.9 Å². The minimum absolute atomic E-state index is 0.232. The summed E-state index contributed by atoms with van der Waals surface area (Å²) in [4.78, 5) is 0. The summed E-state index contributed by atoms with van der Waals surface area (Å²) in [5, 5.41) is 17.8. The number of benzene rings is 2. The van der Waals surface area contributed by atoms with Gasteiger partial charge in [-0.3, -0.25) is 0 Å². The third kappa shape index (κ3) is 10.6. The summed E-state index contributed by atoms with van der Waals surface area (Å²) >= 11 is 9.77.